The first kappa shape index (κ1) is 20.4. The van der Waals surface area contributed by atoms with Crippen LogP contribution in [0.15, 0.2) is 48.5 Å². The molecule has 2 rings (SSSR count). The van der Waals surface area contributed by atoms with Gasteiger partial charge in [-0.15, -0.1) is 0 Å². The van der Waals surface area contributed by atoms with Crippen molar-refractivity contribution in [1.29, 1.82) is 0 Å². The lowest BCUT2D eigenvalue weighted by molar-refractivity contribution is -0.107. The van der Waals surface area contributed by atoms with Crippen molar-refractivity contribution in [3.05, 3.63) is 64.7 Å². The maximum absolute atomic E-state index is 12.0. The topological polar surface area (TPSA) is 57.5 Å². The van der Waals surface area contributed by atoms with Gasteiger partial charge in [0.1, 0.15) is 7.85 Å². The van der Waals surface area contributed by atoms with Crippen molar-refractivity contribution in [3.8, 4) is 0 Å². The van der Waals surface area contributed by atoms with Crippen LogP contribution < -0.4 is 5.46 Å². The van der Waals surface area contributed by atoms with Gasteiger partial charge in [0, 0.05) is 16.1 Å². The number of rotatable bonds is 3. The summed E-state index contributed by atoms with van der Waals surface area (Å²) in [6.45, 7) is 6.31. The van der Waals surface area contributed by atoms with Gasteiger partial charge in [0.05, 0.1) is 11.2 Å². The lowest BCUT2D eigenvalue weighted by atomic mass is 9.90. The number of aliphatic hydroxyl groups is 2. The summed E-state index contributed by atoms with van der Waals surface area (Å²) < 4.78 is 0. The highest BCUT2D eigenvalue weighted by Crippen LogP contribution is 2.19. The lowest BCUT2D eigenvalue weighted by Gasteiger charge is -2.31. The van der Waals surface area contributed by atoms with E-state index in [1.54, 1.807) is 58.0 Å². The zero-order valence-electron chi connectivity index (χ0n) is 14.4. The highest BCUT2D eigenvalue weighted by molar-refractivity contribution is 6.45. The van der Waals surface area contributed by atoms with E-state index in [9.17, 15) is 4.79 Å². The molecule has 0 aromatic heterocycles. The van der Waals surface area contributed by atoms with Crippen LogP contribution in [-0.4, -0.2) is 35.0 Å². The number of carbonyl (C=O) groups is 1. The summed E-state index contributed by atoms with van der Waals surface area (Å²) in [5.41, 5.74) is -0.402. The van der Waals surface area contributed by atoms with Gasteiger partial charge in [0.2, 0.25) is 0 Å². The third-order valence-corrected chi connectivity index (χ3v) is 4.14. The largest absolute Gasteiger partial charge is 0.387 e. The van der Waals surface area contributed by atoms with Gasteiger partial charge in [-0.1, -0.05) is 53.5 Å². The van der Waals surface area contributed by atoms with E-state index in [2.05, 4.69) is 0 Å². The predicted molar refractivity (Wildman–Crippen MR) is 99.3 cm³/mol. The molecule has 0 unspecified atom stereocenters. The molecule has 0 aliphatic rings. The second-order valence-electron chi connectivity index (χ2n) is 6.55. The molecule has 0 heterocycles. The fourth-order valence-electron chi connectivity index (χ4n) is 1.44. The minimum Gasteiger partial charge on any atom is -0.387 e. The third-order valence-electron chi connectivity index (χ3n) is 3.79. The number of hydrogen-bond donors (Lipinski definition) is 2. The van der Waals surface area contributed by atoms with Crippen LogP contribution in [0.3, 0.4) is 0 Å². The molecule has 126 valence electrons. The molecule has 2 aromatic carbocycles. The first-order valence-corrected chi connectivity index (χ1v) is 7.91. The fourth-order valence-corrected chi connectivity index (χ4v) is 1.56. The Morgan fingerprint density at radius 1 is 0.917 bits per heavy atom. The molecule has 0 amide bonds. The van der Waals surface area contributed by atoms with Crippen LogP contribution in [0, 0.1) is 0 Å². The molecule has 2 aromatic rings. The van der Waals surface area contributed by atoms with Crippen LogP contribution in [0.1, 0.15) is 43.6 Å². The molecule has 5 heteroatoms. The molecule has 24 heavy (non-hydrogen) atoms. The second kappa shape index (κ2) is 7.97. The van der Waals surface area contributed by atoms with Crippen molar-refractivity contribution < 1.29 is 15.0 Å². The van der Waals surface area contributed by atoms with Crippen LogP contribution in [0.4, 0.5) is 0 Å². The maximum Gasteiger partial charge on any atom is 0.192 e. The Morgan fingerprint density at radius 2 is 1.42 bits per heavy atom. The number of halogens is 1. The Balaban J connectivity index is 0.000000307. The Hall–Kier alpha value is -1.62. The summed E-state index contributed by atoms with van der Waals surface area (Å²) in [5, 5.41) is 18.7. The molecule has 0 aliphatic carbocycles. The van der Waals surface area contributed by atoms with E-state index in [-0.39, 0.29) is 5.78 Å². The summed E-state index contributed by atoms with van der Waals surface area (Å²) in [6, 6.07) is 14.0. The van der Waals surface area contributed by atoms with Gasteiger partial charge < -0.3 is 10.2 Å². The number of carbonyl (C=O) groups excluding carboxylic acids is 1. The van der Waals surface area contributed by atoms with Gasteiger partial charge in [-0.05, 0) is 39.8 Å². The van der Waals surface area contributed by atoms with E-state index in [1.807, 2.05) is 18.2 Å². The smallest absolute Gasteiger partial charge is 0.192 e. The summed E-state index contributed by atoms with van der Waals surface area (Å²) in [6.07, 6.45) is 0. The minimum atomic E-state index is -1.01. The van der Waals surface area contributed by atoms with Crippen molar-refractivity contribution in [2.75, 3.05) is 0 Å². The molecular formula is C19H22BClO3. The van der Waals surface area contributed by atoms with E-state index < -0.39 is 11.2 Å². The van der Waals surface area contributed by atoms with E-state index in [0.717, 1.165) is 0 Å². The van der Waals surface area contributed by atoms with E-state index in [1.165, 1.54) is 0 Å². The molecule has 0 atom stereocenters. The van der Waals surface area contributed by atoms with Gasteiger partial charge in [0.25, 0.3) is 0 Å². The maximum atomic E-state index is 12.0. The van der Waals surface area contributed by atoms with Crippen LogP contribution >= 0.6 is 11.6 Å². The molecule has 2 radical (unpaired) electrons. The van der Waals surface area contributed by atoms with Crippen LogP contribution in [0.2, 0.25) is 5.02 Å². The fraction of sp³-hybridized carbons (Fsp3) is 0.316. The number of hydrogen-bond acceptors (Lipinski definition) is 3. The third kappa shape index (κ3) is 5.79. The Bertz CT molecular complexity index is 674. The zero-order chi connectivity index (χ0) is 18.5. The number of ketones is 1. The quantitative estimate of drug-likeness (QED) is 0.665. The highest BCUT2D eigenvalue weighted by atomic mass is 35.5. The van der Waals surface area contributed by atoms with E-state index in [0.29, 0.717) is 21.6 Å². The first-order chi connectivity index (χ1) is 10.9. The zero-order valence-corrected chi connectivity index (χ0v) is 15.1. The SMILES string of the molecule is CC(C)(O)C(C)(C)O.[B]c1cc(C(=O)c2ccccc2)ccc1Cl. The number of benzene rings is 2. The van der Waals surface area contributed by atoms with Gasteiger partial charge in [-0.3, -0.25) is 4.79 Å². The Morgan fingerprint density at radius 3 is 1.83 bits per heavy atom. The van der Waals surface area contributed by atoms with Crippen LogP contribution in [-0.2, 0) is 0 Å². The first-order valence-electron chi connectivity index (χ1n) is 7.53. The standard InChI is InChI=1S/C13H8BClO.C6H14O2/c14-11-8-10(6-7-12(11)15)13(16)9-4-2-1-3-5-9;1-5(2,7)6(3,4)8/h1-8H;7-8H,1-4H3. The van der Waals surface area contributed by atoms with Crippen molar-refractivity contribution >= 4 is 30.7 Å². The highest BCUT2D eigenvalue weighted by Gasteiger charge is 2.31. The van der Waals surface area contributed by atoms with Gasteiger partial charge in [0.15, 0.2) is 5.78 Å². The Labute approximate surface area is 149 Å². The molecule has 0 saturated heterocycles. The molecule has 0 aliphatic heterocycles. The molecule has 0 spiro atoms. The Kier molecular flexibility index (Phi) is 6.79. The van der Waals surface area contributed by atoms with Crippen molar-refractivity contribution in [3.63, 3.8) is 0 Å². The van der Waals surface area contributed by atoms with Crippen molar-refractivity contribution in [2.45, 2.75) is 38.9 Å². The van der Waals surface area contributed by atoms with Crippen molar-refractivity contribution in [1.82, 2.24) is 0 Å². The molecule has 2 N–H and O–H groups in total. The summed E-state index contributed by atoms with van der Waals surface area (Å²) in [7, 11) is 5.65. The van der Waals surface area contributed by atoms with Crippen LogP contribution in [0.25, 0.3) is 0 Å². The lowest BCUT2D eigenvalue weighted by Crippen LogP contribution is -2.44. The summed E-state index contributed by atoms with van der Waals surface area (Å²) in [4.78, 5) is 12.0. The molecule has 0 saturated carbocycles. The molecule has 0 bridgehead atoms. The van der Waals surface area contributed by atoms with Gasteiger partial charge in [-0.25, -0.2) is 0 Å². The summed E-state index contributed by atoms with van der Waals surface area (Å²) >= 11 is 5.80. The minimum absolute atomic E-state index is 0.0519. The van der Waals surface area contributed by atoms with Crippen molar-refractivity contribution in [2.24, 2.45) is 0 Å². The van der Waals surface area contributed by atoms with E-state index >= 15 is 0 Å². The van der Waals surface area contributed by atoms with E-state index in [4.69, 9.17) is 29.7 Å². The molecular weight excluding hydrogens is 322 g/mol. The molecule has 3 nitrogen and oxygen atoms in total. The van der Waals surface area contributed by atoms with Gasteiger partial charge in [-0.2, -0.15) is 0 Å². The molecule has 0 fully saturated rings. The predicted octanol–water partition coefficient (Wildman–Crippen LogP) is 2.89. The normalized spacial score (nSPS) is 11.5. The second-order valence-corrected chi connectivity index (χ2v) is 6.96. The van der Waals surface area contributed by atoms with Crippen LogP contribution in [0.5, 0.6) is 0 Å². The summed E-state index contributed by atoms with van der Waals surface area (Å²) in [5.74, 6) is -0.0519. The average Bonchev–Trinajstić information content (AvgIpc) is 2.49. The van der Waals surface area contributed by atoms with Gasteiger partial charge >= 0.3 is 0 Å². The average molecular weight is 345 g/mol. The monoisotopic (exact) mass is 344 g/mol.